The van der Waals surface area contributed by atoms with Crippen LogP contribution in [0.1, 0.15) is 240 Å². The van der Waals surface area contributed by atoms with Gasteiger partial charge in [0.2, 0.25) is 0 Å². The van der Waals surface area contributed by atoms with Crippen LogP contribution in [0.2, 0.25) is 0 Å². The molecule has 0 bridgehead atoms. The fraction of sp³-hybridized carbons (Fsp3) is 1.00. The predicted molar refractivity (Wildman–Crippen MR) is 230 cm³/mol. The standard InChI is InChI=1S/C42H87BO3S3/c1-6-8-10-12-14-16-18-20-22-24-26-28-30-32-34-36-38-48-41(4)45-43(44-40(3)47)46-42(5)49-39-37-35-33-31-29-27-25-23-21-19-17-15-13-11-9-7-2/h40-42,47H,6-39H2,1-5H3. The molecule has 294 valence electrons. The molecule has 3 nitrogen and oxygen atoms in total. The molecule has 0 saturated heterocycles. The minimum Gasteiger partial charge on any atom is -0.374 e. The van der Waals surface area contributed by atoms with Gasteiger partial charge in [0.05, 0.1) is 16.3 Å². The molecule has 0 N–H and O–H groups in total. The minimum absolute atomic E-state index is 0.0472. The third-order valence-corrected chi connectivity index (χ3v) is 11.9. The molecule has 0 heterocycles. The molecule has 0 amide bonds. The van der Waals surface area contributed by atoms with Crippen molar-refractivity contribution in [1.82, 2.24) is 0 Å². The SMILES string of the molecule is CCCCCCCCCCCCCCCCCCSC(C)OB(OC(C)S)OC(C)SCCCCCCCCCCCCCCCCCC. The summed E-state index contributed by atoms with van der Waals surface area (Å²) in [6.45, 7) is 10.8. The average molecular weight is 747 g/mol. The Labute approximate surface area is 323 Å². The van der Waals surface area contributed by atoms with Crippen molar-refractivity contribution in [3.8, 4) is 0 Å². The van der Waals surface area contributed by atoms with Crippen molar-refractivity contribution in [2.75, 3.05) is 11.5 Å². The van der Waals surface area contributed by atoms with Crippen LogP contribution in [0.4, 0.5) is 0 Å². The molecule has 0 aliphatic rings. The Kier molecular flexibility index (Phi) is 42.6. The highest BCUT2D eigenvalue weighted by Crippen LogP contribution is 2.22. The molecule has 49 heavy (non-hydrogen) atoms. The van der Waals surface area contributed by atoms with Crippen LogP contribution in [-0.2, 0) is 14.0 Å². The van der Waals surface area contributed by atoms with E-state index in [-0.39, 0.29) is 16.3 Å². The molecule has 0 aromatic heterocycles. The Balaban J connectivity index is 3.66. The van der Waals surface area contributed by atoms with E-state index in [1.54, 1.807) is 0 Å². The van der Waals surface area contributed by atoms with E-state index < -0.39 is 7.32 Å². The number of thiol groups is 1. The van der Waals surface area contributed by atoms with Crippen LogP contribution in [0.5, 0.6) is 0 Å². The van der Waals surface area contributed by atoms with Crippen LogP contribution in [0.15, 0.2) is 0 Å². The Morgan fingerprint density at radius 2 is 0.592 bits per heavy atom. The van der Waals surface area contributed by atoms with Crippen molar-refractivity contribution in [2.45, 2.75) is 256 Å². The molecule has 0 radical (unpaired) electrons. The molecule has 0 spiro atoms. The summed E-state index contributed by atoms with van der Waals surface area (Å²) in [5.41, 5.74) is -0.128. The number of hydrogen-bond acceptors (Lipinski definition) is 6. The van der Waals surface area contributed by atoms with E-state index >= 15 is 0 Å². The predicted octanol–water partition coefficient (Wildman–Crippen LogP) is 16.0. The van der Waals surface area contributed by atoms with Gasteiger partial charge in [-0.25, -0.2) is 0 Å². The van der Waals surface area contributed by atoms with Gasteiger partial charge in [0.15, 0.2) is 0 Å². The number of rotatable bonds is 42. The molecule has 3 unspecified atom stereocenters. The zero-order valence-corrected chi connectivity index (χ0v) is 36.4. The van der Waals surface area contributed by atoms with Crippen LogP contribution >= 0.6 is 36.2 Å². The Hall–Kier alpha value is 0.995. The minimum atomic E-state index is -0.658. The molecular weight excluding hydrogens is 659 g/mol. The fourth-order valence-corrected chi connectivity index (χ4v) is 8.29. The first-order chi connectivity index (χ1) is 24.0. The topological polar surface area (TPSA) is 27.7 Å². The first-order valence-corrected chi connectivity index (χ1v) is 24.5. The summed E-state index contributed by atoms with van der Waals surface area (Å²) >= 11 is 8.17. The molecule has 0 aromatic rings. The van der Waals surface area contributed by atoms with Crippen molar-refractivity contribution in [3.63, 3.8) is 0 Å². The zero-order valence-electron chi connectivity index (χ0n) is 33.8. The maximum Gasteiger partial charge on any atom is 0.641 e. The van der Waals surface area contributed by atoms with E-state index in [4.69, 9.17) is 14.0 Å². The van der Waals surface area contributed by atoms with E-state index in [2.05, 4.69) is 40.3 Å². The summed E-state index contributed by atoms with van der Waals surface area (Å²) in [6.07, 6.45) is 45.1. The van der Waals surface area contributed by atoms with Gasteiger partial charge in [0.1, 0.15) is 0 Å². The number of thioether (sulfide) groups is 2. The monoisotopic (exact) mass is 747 g/mol. The van der Waals surface area contributed by atoms with Crippen LogP contribution in [0, 0.1) is 0 Å². The number of unbranched alkanes of at least 4 members (excludes halogenated alkanes) is 30. The summed E-state index contributed by atoms with van der Waals surface area (Å²) < 4.78 is 18.2. The van der Waals surface area contributed by atoms with Crippen molar-refractivity contribution in [3.05, 3.63) is 0 Å². The molecule has 0 aliphatic heterocycles. The molecule has 0 aromatic carbocycles. The lowest BCUT2D eigenvalue weighted by Crippen LogP contribution is -2.34. The largest absolute Gasteiger partial charge is 0.641 e. The smallest absolute Gasteiger partial charge is 0.374 e. The van der Waals surface area contributed by atoms with Gasteiger partial charge in [-0.1, -0.05) is 206 Å². The van der Waals surface area contributed by atoms with Gasteiger partial charge in [-0.15, -0.1) is 36.2 Å². The normalized spacial score (nSPS) is 13.6. The lowest BCUT2D eigenvalue weighted by atomic mass is 10.0. The maximum atomic E-state index is 6.15. The van der Waals surface area contributed by atoms with Crippen molar-refractivity contribution in [1.29, 1.82) is 0 Å². The Morgan fingerprint density at radius 3 is 0.816 bits per heavy atom. The Morgan fingerprint density at radius 1 is 0.367 bits per heavy atom. The summed E-state index contributed by atoms with van der Waals surface area (Å²) in [5, 5.41) is 0. The first kappa shape index (κ1) is 50.0. The van der Waals surface area contributed by atoms with Gasteiger partial charge in [-0.05, 0) is 45.1 Å². The van der Waals surface area contributed by atoms with E-state index in [0.717, 1.165) is 11.5 Å². The highest BCUT2D eigenvalue weighted by molar-refractivity contribution is 8.00. The second-order valence-electron chi connectivity index (χ2n) is 14.8. The second kappa shape index (κ2) is 41.7. The van der Waals surface area contributed by atoms with Gasteiger partial charge in [-0.3, -0.25) is 0 Å². The summed E-state index contributed by atoms with van der Waals surface area (Å²) in [6, 6.07) is 0. The highest BCUT2D eigenvalue weighted by Gasteiger charge is 2.28. The average Bonchev–Trinajstić information content (AvgIpc) is 3.07. The van der Waals surface area contributed by atoms with Gasteiger partial charge in [0.25, 0.3) is 0 Å². The third kappa shape index (κ3) is 41.6. The number of hydrogen-bond donors (Lipinski definition) is 1. The zero-order chi connectivity index (χ0) is 35.9. The first-order valence-electron chi connectivity index (χ1n) is 21.9. The molecule has 7 heteroatoms. The lowest BCUT2D eigenvalue weighted by Gasteiger charge is -2.23. The van der Waals surface area contributed by atoms with Crippen LogP contribution in [0.3, 0.4) is 0 Å². The van der Waals surface area contributed by atoms with Crippen molar-refractivity contribution < 1.29 is 14.0 Å². The van der Waals surface area contributed by atoms with Gasteiger partial charge < -0.3 is 14.0 Å². The molecular formula is C42H87BO3S3. The van der Waals surface area contributed by atoms with Gasteiger partial charge >= 0.3 is 7.32 Å². The van der Waals surface area contributed by atoms with E-state index in [9.17, 15) is 0 Å². The quantitative estimate of drug-likeness (QED) is 0.0291. The molecule has 3 atom stereocenters. The van der Waals surface area contributed by atoms with E-state index in [0.29, 0.717) is 0 Å². The molecule has 0 rings (SSSR count). The van der Waals surface area contributed by atoms with Crippen molar-refractivity contribution in [2.24, 2.45) is 0 Å². The van der Waals surface area contributed by atoms with Crippen LogP contribution in [-0.4, -0.2) is 35.1 Å². The Bertz CT molecular complexity index is 570. The molecule has 0 aliphatic carbocycles. The summed E-state index contributed by atoms with van der Waals surface area (Å²) in [7, 11) is -0.658. The van der Waals surface area contributed by atoms with Crippen molar-refractivity contribution >= 4 is 43.5 Å². The third-order valence-electron chi connectivity index (χ3n) is 9.61. The highest BCUT2D eigenvalue weighted by atomic mass is 32.2. The van der Waals surface area contributed by atoms with E-state index in [1.807, 2.05) is 30.4 Å². The second-order valence-corrected chi connectivity index (χ2v) is 18.3. The summed E-state index contributed by atoms with van der Waals surface area (Å²) in [5.74, 6) is 2.26. The van der Waals surface area contributed by atoms with Gasteiger partial charge in [0, 0.05) is 0 Å². The maximum absolute atomic E-state index is 6.15. The van der Waals surface area contributed by atoms with Gasteiger partial charge in [-0.2, -0.15) is 0 Å². The van der Waals surface area contributed by atoms with E-state index in [1.165, 1.54) is 205 Å². The fourth-order valence-electron chi connectivity index (χ4n) is 6.45. The van der Waals surface area contributed by atoms with Crippen LogP contribution in [0.25, 0.3) is 0 Å². The summed E-state index contributed by atoms with van der Waals surface area (Å²) in [4.78, 5) is 0. The molecule has 0 saturated carbocycles. The lowest BCUT2D eigenvalue weighted by molar-refractivity contribution is 0.0814. The van der Waals surface area contributed by atoms with Crippen LogP contribution < -0.4 is 0 Å². The molecule has 0 fully saturated rings.